The van der Waals surface area contributed by atoms with Gasteiger partial charge in [0.1, 0.15) is 0 Å². The third kappa shape index (κ3) is 1.45. The zero-order valence-corrected chi connectivity index (χ0v) is 5.86. The highest BCUT2D eigenvalue weighted by atomic mass is 16.2. The van der Waals surface area contributed by atoms with Crippen molar-refractivity contribution in [3.05, 3.63) is 24.0 Å². The van der Waals surface area contributed by atoms with Crippen molar-refractivity contribution in [2.75, 3.05) is 6.61 Å². The molecule has 0 fully saturated rings. The molecule has 54 valence electrons. The molecule has 0 atom stereocenters. The number of aryl methyl sites for hydroxylation is 1. The lowest BCUT2D eigenvalue weighted by Crippen LogP contribution is -1.91. The third-order valence-electron chi connectivity index (χ3n) is 1.25. The molecule has 0 bridgehead atoms. The number of rotatable bonds is 2. The van der Waals surface area contributed by atoms with Gasteiger partial charge in [-0.25, -0.2) is 0 Å². The Morgan fingerprint density at radius 3 is 3.10 bits per heavy atom. The smallest absolute Gasteiger partial charge is 0.0616 e. The molecule has 0 spiro atoms. The van der Waals surface area contributed by atoms with Crippen LogP contribution in [0.5, 0.6) is 0 Å². The van der Waals surface area contributed by atoms with E-state index in [0.29, 0.717) is 0 Å². The van der Waals surface area contributed by atoms with Crippen LogP contribution in [0, 0.1) is 0 Å². The molecule has 0 aliphatic heterocycles. The normalized spacial score (nSPS) is 11.0. The van der Waals surface area contributed by atoms with Gasteiger partial charge < -0.3 is 5.11 Å². The predicted molar refractivity (Wildman–Crippen MR) is 39.3 cm³/mol. The maximum absolute atomic E-state index is 8.44. The van der Waals surface area contributed by atoms with Crippen LogP contribution in [0.1, 0.15) is 5.69 Å². The van der Waals surface area contributed by atoms with Crippen LogP contribution >= 0.6 is 0 Å². The third-order valence-corrected chi connectivity index (χ3v) is 1.25. The minimum absolute atomic E-state index is 0.0746. The average molecular weight is 138 g/mol. The van der Waals surface area contributed by atoms with E-state index >= 15 is 0 Å². The highest BCUT2D eigenvalue weighted by molar-refractivity contribution is 5.43. The molecule has 1 aromatic rings. The van der Waals surface area contributed by atoms with Crippen LogP contribution in [0.25, 0.3) is 6.08 Å². The summed E-state index contributed by atoms with van der Waals surface area (Å²) in [4.78, 5) is 0. The molecule has 0 saturated carbocycles. The van der Waals surface area contributed by atoms with E-state index in [9.17, 15) is 0 Å². The number of hydrogen-bond acceptors (Lipinski definition) is 2. The van der Waals surface area contributed by atoms with Gasteiger partial charge in [-0.1, -0.05) is 6.08 Å². The van der Waals surface area contributed by atoms with E-state index < -0.39 is 0 Å². The highest BCUT2D eigenvalue weighted by Crippen LogP contribution is 1.97. The van der Waals surface area contributed by atoms with E-state index in [2.05, 4.69) is 5.10 Å². The second-order valence-electron chi connectivity index (χ2n) is 1.96. The maximum atomic E-state index is 8.44. The van der Waals surface area contributed by atoms with Gasteiger partial charge in [-0.05, 0) is 12.1 Å². The van der Waals surface area contributed by atoms with E-state index in [0.717, 1.165) is 5.69 Å². The first-order valence-electron chi connectivity index (χ1n) is 3.10. The van der Waals surface area contributed by atoms with Crippen LogP contribution in [0.15, 0.2) is 18.3 Å². The summed E-state index contributed by atoms with van der Waals surface area (Å²) >= 11 is 0. The fraction of sp³-hybridized carbons (Fsp3) is 0.286. The van der Waals surface area contributed by atoms with Crippen molar-refractivity contribution in [2.24, 2.45) is 7.05 Å². The molecule has 1 heterocycles. The van der Waals surface area contributed by atoms with Gasteiger partial charge in [0.15, 0.2) is 0 Å². The molecule has 0 aliphatic carbocycles. The molecule has 0 aliphatic rings. The standard InChI is InChI=1S/C7H10N2O/c1-9-7(3-2-6-10)4-5-8-9/h2-5,10H,6H2,1H3. The fourth-order valence-corrected chi connectivity index (χ4v) is 0.721. The summed E-state index contributed by atoms with van der Waals surface area (Å²) < 4.78 is 1.74. The zero-order valence-electron chi connectivity index (χ0n) is 5.86. The highest BCUT2D eigenvalue weighted by Gasteiger charge is 1.89. The van der Waals surface area contributed by atoms with E-state index in [1.807, 2.05) is 19.2 Å². The Bertz CT molecular complexity index is 227. The Morgan fingerprint density at radius 2 is 2.60 bits per heavy atom. The first-order chi connectivity index (χ1) is 4.84. The van der Waals surface area contributed by atoms with Crippen molar-refractivity contribution in [3.63, 3.8) is 0 Å². The summed E-state index contributed by atoms with van der Waals surface area (Å²) in [6, 6.07) is 1.88. The molecular formula is C7H10N2O. The molecule has 0 radical (unpaired) electrons. The molecule has 10 heavy (non-hydrogen) atoms. The fourth-order valence-electron chi connectivity index (χ4n) is 0.721. The van der Waals surface area contributed by atoms with Crippen LogP contribution in [0.4, 0.5) is 0 Å². The van der Waals surface area contributed by atoms with Gasteiger partial charge in [-0.3, -0.25) is 4.68 Å². The summed E-state index contributed by atoms with van der Waals surface area (Å²) in [5, 5.41) is 12.4. The Kier molecular flexibility index (Phi) is 2.23. The van der Waals surface area contributed by atoms with E-state index in [1.54, 1.807) is 17.0 Å². The SMILES string of the molecule is Cn1nccc1C=CCO. The Labute approximate surface area is 59.6 Å². The monoisotopic (exact) mass is 138 g/mol. The van der Waals surface area contributed by atoms with Gasteiger partial charge in [0.05, 0.1) is 12.3 Å². The van der Waals surface area contributed by atoms with Crippen molar-refractivity contribution in [1.82, 2.24) is 9.78 Å². The molecule has 3 heteroatoms. The summed E-state index contributed by atoms with van der Waals surface area (Å²) in [5.41, 5.74) is 0.994. The minimum atomic E-state index is 0.0746. The van der Waals surface area contributed by atoms with Crippen molar-refractivity contribution >= 4 is 6.08 Å². The van der Waals surface area contributed by atoms with Crippen LogP contribution in [0.3, 0.4) is 0 Å². The number of hydrogen-bond donors (Lipinski definition) is 1. The first-order valence-corrected chi connectivity index (χ1v) is 3.10. The number of aromatic nitrogens is 2. The lowest BCUT2D eigenvalue weighted by atomic mass is 10.4. The minimum Gasteiger partial charge on any atom is -0.392 e. The Morgan fingerprint density at radius 1 is 1.80 bits per heavy atom. The molecule has 1 N–H and O–H groups in total. The van der Waals surface area contributed by atoms with E-state index in [1.165, 1.54) is 0 Å². The van der Waals surface area contributed by atoms with Crippen LogP contribution in [0.2, 0.25) is 0 Å². The molecule has 0 amide bonds. The van der Waals surface area contributed by atoms with Crippen molar-refractivity contribution < 1.29 is 5.11 Å². The van der Waals surface area contributed by atoms with Gasteiger partial charge in [-0.2, -0.15) is 5.10 Å². The summed E-state index contributed by atoms with van der Waals surface area (Å²) in [6.07, 6.45) is 5.22. The summed E-state index contributed by atoms with van der Waals surface area (Å²) in [6.45, 7) is 0.0746. The van der Waals surface area contributed by atoms with Gasteiger partial charge in [0, 0.05) is 13.2 Å². The van der Waals surface area contributed by atoms with Crippen molar-refractivity contribution in [2.45, 2.75) is 0 Å². The second-order valence-corrected chi connectivity index (χ2v) is 1.96. The predicted octanol–water partition coefficient (Wildman–Crippen LogP) is 0.426. The first kappa shape index (κ1) is 7.02. The maximum Gasteiger partial charge on any atom is 0.0616 e. The van der Waals surface area contributed by atoms with Crippen molar-refractivity contribution in [3.8, 4) is 0 Å². The number of nitrogens with zero attached hydrogens (tertiary/aromatic N) is 2. The van der Waals surface area contributed by atoms with Gasteiger partial charge >= 0.3 is 0 Å². The largest absolute Gasteiger partial charge is 0.392 e. The summed E-state index contributed by atoms with van der Waals surface area (Å²) in [5.74, 6) is 0. The number of aliphatic hydroxyl groups excluding tert-OH is 1. The van der Waals surface area contributed by atoms with E-state index in [-0.39, 0.29) is 6.61 Å². The molecule has 1 aromatic heterocycles. The molecule has 1 rings (SSSR count). The lowest BCUT2D eigenvalue weighted by Gasteiger charge is -1.91. The number of aliphatic hydroxyl groups is 1. The van der Waals surface area contributed by atoms with Gasteiger partial charge in [0.25, 0.3) is 0 Å². The van der Waals surface area contributed by atoms with Gasteiger partial charge in [0.2, 0.25) is 0 Å². The molecule has 3 nitrogen and oxygen atoms in total. The topological polar surface area (TPSA) is 38.0 Å². The molecule has 0 aromatic carbocycles. The van der Waals surface area contributed by atoms with Crippen LogP contribution in [-0.4, -0.2) is 21.5 Å². The summed E-state index contributed by atoms with van der Waals surface area (Å²) in [7, 11) is 1.86. The van der Waals surface area contributed by atoms with Crippen LogP contribution in [-0.2, 0) is 7.05 Å². The zero-order chi connectivity index (χ0) is 7.40. The molecule has 0 saturated heterocycles. The van der Waals surface area contributed by atoms with Gasteiger partial charge in [-0.15, -0.1) is 0 Å². The Balaban J connectivity index is 2.74. The Hall–Kier alpha value is -1.09. The van der Waals surface area contributed by atoms with Crippen LogP contribution < -0.4 is 0 Å². The molecular weight excluding hydrogens is 128 g/mol. The molecule has 0 unspecified atom stereocenters. The second kappa shape index (κ2) is 3.17. The van der Waals surface area contributed by atoms with E-state index in [4.69, 9.17) is 5.11 Å². The van der Waals surface area contributed by atoms with Crippen molar-refractivity contribution in [1.29, 1.82) is 0 Å². The lowest BCUT2D eigenvalue weighted by molar-refractivity contribution is 0.343. The average Bonchev–Trinajstić information content (AvgIpc) is 2.31. The quantitative estimate of drug-likeness (QED) is 0.643.